The topological polar surface area (TPSA) is 31.4 Å². The van der Waals surface area contributed by atoms with E-state index in [1.165, 1.54) is 0 Å². The van der Waals surface area contributed by atoms with Gasteiger partial charge in [-0.05, 0) is 40.7 Å². The maximum absolute atomic E-state index is 6.09. The summed E-state index contributed by atoms with van der Waals surface area (Å²) in [5.74, 6) is 0. The van der Waals surface area contributed by atoms with Crippen LogP contribution in [0.4, 0.5) is 0 Å². The first-order valence-electron chi connectivity index (χ1n) is 7.28. The zero-order chi connectivity index (χ0) is 15.3. The SMILES string of the molecule is Cc1nc(C(C)(C)C)ccc1B1OC(C)(C)C(C)(C)O1. The molecule has 0 saturated carbocycles. The summed E-state index contributed by atoms with van der Waals surface area (Å²) >= 11 is 0. The summed E-state index contributed by atoms with van der Waals surface area (Å²) in [7, 11) is -0.332. The lowest BCUT2D eigenvalue weighted by Gasteiger charge is -2.32. The van der Waals surface area contributed by atoms with Crippen molar-refractivity contribution in [2.45, 2.75) is 72.0 Å². The van der Waals surface area contributed by atoms with Gasteiger partial charge in [0.2, 0.25) is 0 Å². The number of aromatic nitrogens is 1. The minimum absolute atomic E-state index is 0.0548. The summed E-state index contributed by atoms with van der Waals surface area (Å²) in [6, 6.07) is 4.17. The fraction of sp³-hybridized carbons (Fsp3) is 0.688. The quantitative estimate of drug-likeness (QED) is 0.738. The van der Waals surface area contributed by atoms with Crippen LogP contribution in [0.1, 0.15) is 59.9 Å². The van der Waals surface area contributed by atoms with Gasteiger partial charge in [-0.2, -0.15) is 0 Å². The molecule has 0 atom stereocenters. The zero-order valence-corrected chi connectivity index (χ0v) is 14.0. The molecule has 1 aliphatic rings. The van der Waals surface area contributed by atoms with Gasteiger partial charge >= 0.3 is 7.12 Å². The fourth-order valence-corrected chi connectivity index (χ4v) is 2.21. The second kappa shape index (κ2) is 4.57. The minimum atomic E-state index is -0.332. The molecule has 1 aliphatic heterocycles. The predicted octanol–water partition coefficient (Wildman–Crippen LogP) is 2.99. The van der Waals surface area contributed by atoms with Crippen molar-refractivity contribution >= 4 is 12.6 Å². The second-order valence-corrected chi connectivity index (χ2v) is 7.71. The molecule has 0 bridgehead atoms. The third kappa shape index (κ3) is 2.64. The summed E-state index contributed by atoms with van der Waals surface area (Å²) in [5.41, 5.74) is 2.53. The molecule has 2 heterocycles. The van der Waals surface area contributed by atoms with Gasteiger partial charge in [0.15, 0.2) is 0 Å². The summed E-state index contributed by atoms with van der Waals surface area (Å²) in [4.78, 5) is 4.72. The first kappa shape index (κ1) is 15.5. The third-order valence-electron chi connectivity index (χ3n) is 4.40. The highest BCUT2D eigenvalue weighted by Gasteiger charge is 2.52. The molecule has 1 aromatic heterocycles. The van der Waals surface area contributed by atoms with Crippen LogP contribution < -0.4 is 5.46 Å². The van der Waals surface area contributed by atoms with E-state index in [-0.39, 0.29) is 23.7 Å². The van der Waals surface area contributed by atoms with E-state index < -0.39 is 0 Å². The maximum Gasteiger partial charge on any atom is 0.496 e. The Labute approximate surface area is 123 Å². The predicted molar refractivity (Wildman–Crippen MR) is 83.4 cm³/mol. The second-order valence-electron chi connectivity index (χ2n) is 7.71. The van der Waals surface area contributed by atoms with E-state index in [1.54, 1.807) is 0 Å². The molecule has 0 amide bonds. The van der Waals surface area contributed by atoms with Gasteiger partial charge in [0.05, 0.1) is 11.2 Å². The molecule has 20 heavy (non-hydrogen) atoms. The Hall–Kier alpha value is -0.865. The lowest BCUT2D eigenvalue weighted by molar-refractivity contribution is 0.00578. The van der Waals surface area contributed by atoms with E-state index in [4.69, 9.17) is 14.3 Å². The van der Waals surface area contributed by atoms with Crippen molar-refractivity contribution in [2.24, 2.45) is 0 Å². The Morgan fingerprint density at radius 3 is 1.90 bits per heavy atom. The van der Waals surface area contributed by atoms with Crippen LogP contribution in [0.5, 0.6) is 0 Å². The first-order valence-corrected chi connectivity index (χ1v) is 7.28. The molecule has 3 nitrogen and oxygen atoms in total. The highest BCUT2D eigenvalue weighted by molar-refractivity contribution is 6.62. The summed E-state index contributed by atoms with van der Waals surface area (Å²) in [6.07, 6.45) is 0. The van der Waals surface area contributed by atoms with Crippen molar-refractivity contribution in [3.63, 3.8) is 0 Å². The summed E-state index contributed by atoms with van der Waals surface area (Å²) in [6.45, 7) is 16.8. The Morgan fingerprint density at radius 1 is 1.00 bits per heavy atom. The molecule has 1 saturated heterocycles. The van der Waals surface area contributed by atoms with Crippen LogP contribution in [0, 0.1) is 6.92 Å². The number of pyridine rings is 1. The van der Waals surface area contributed by atoms with E-state index in [2.05, 4.69) is 60.6 Å². The molecule has 1 fully saturated rings. The number of aryl methyl sites for hydroxylation is 1. The van der Waals surface area contributed by atoms with Crippen LogP contribution >= 0.6 is 0 Å². The molecule has 0 aromatic carbocycles. The lowest BCUT2D eigenvalue weighted by Crippen LogP contribution is -2.41. The molecule has 0 spiro atoms. The smallest absolute Gasteiger partial charge is 0.399 e. The molecule has 0 unspecified atom stereocenters. The van der Waals surface area contributed by atoms with Crippen molar-refractivity contribution < 1.29 is 9.31 Å². The van der Waals surface area contributed by atoms with Gasteiger partial charge in [-0.15, -0.1) is 0 Å². The van der Waals surface area contributed by atoms with Crippen LogP contribution in [-0.4, -0.2) is 23.3 Å². The van der Waals surface area contributed by atoms with E-state index in [0.717, 1.165) is 16.9 Å². The van der Waals surface area contributed by atoms with Crippen LogP contribution in [0.15, 0.2) is 12.1 Å². The molecular formula is C16H26BNO2. The molecule has 0 aliphatic carbocycles. The van der Waals surface area contributed by atoms with Crippen LogP contribution in [0.3, 0.4) is 0 Å². The minimum Gasteiger partial charge on any atom is -0.399 e. The first-order chi connectivity index (χ1) is 8.94. The summed E-state index contributed by atoms with van der Waals surface area (Å²) < 4.78 is 12.2. The third-order valence-corrected chi connectivity index (χ3v) is 4.40. The summed E-state index contributed by atoms with van der Waals surface area (Å²) in [5, 5.41) is 0. The number of hydrogen-bond acceptors (Lipinski definition) is 3. The van der Waals surface area contributed by atoms with E-state index in [0.29, 0.717) is 0 Å². The van der Waals surface area contributed by atoms with Crippen molar-refractivity contribution in [1.29, 1.82) is 0 Å². The molecule has 0 radical (unpaired) electrons. The highest BCUT2D eigenvalue weighted by atomic mass is 16.7. The number of nitrogens with zero attached hydrogens (tertiary/aromatic N) is 1. The standard InChI is InChI=1S/C16H26BNO2/c1-11-12(9-10-13(18-11)14(2,3)4)17-19-15(5,6)16(7,8)20-17/h9-10H,1-8H3. The monoisotopic (exact) mass is 275 g/mol. The van der Waals surface area contributed by atoms with E-state index in [1.807, 2.05) is 6.92 Å². The highest BCUT2D eigenvalue weighted by Crippen LogP contribution is 2.36. The number of hydrogen-bond donors (Lipinski definition) is 0. The molecule has 0 N–H and O–H groups in total. The Morgan fingerprint density at radius 2 is 1.50 bits per heavy atom. The van der Waals surface area contributed by atoms with Crippen molar-refractivity contribution in [2.75, 3.05) is 0 Å². The lowest BCUT2D eigenvalue weighted by atomic mass is 9.77. The molecule has 2 rings (SSSR count). The Kier molecular flexibility index (Phi) is 3.55. The van der Waals surface area contributed by atoms with Gasteiger partial charge in [-0.3, -0.25) is 4.98 Å². The largest absolute Gasteiger partial charge is 0.496 e. The van der Waals surface area contributed by atoms with Gasteiger partial charge in [0.1, 0.15) is 0 Å². The van der Waals surface area contributed by atoms with Crippen LogP contribution in [0.25, 0.3) is 0 Å². The fourth-order valence-electron chi connectivity index (χ4n) is 2.21. The van der Waals surface area contributed by atoms with E-state index >= 15 is 0 Å². The Balaban J connectivity index is 2.33. The molecular weight excluding hydrogens is 249 g/mol. The normalized spacial score (nSPS) is 21.3. The average molecular weight is 275 g/mol. The van der Waals surface area contributed by atoms with Gasteiger partial charge in [-0.25, -0.2) is 0 Å². The van der Waals surface area contributed by atoms with Gasteiger partial charge in [0, 0.05) is 22.3 Å². The van der Waals surface area contributed by atoms with E-state index in [9.17, 15) is 0 Å². The maximum atomic E-state index is 6.09. The van der Waals surface area contributed by atoms with Gasteiger partial charge < -0.3 is 9.31 Å². The molecule has 1 aromatic rings. The van der Waals surface area contributed by atoms with Crippen LogP contribution in [0.2, 0.25) is 0 Å². The Bertz CT molecular complexity index is 502. The van der Waals surface area contributed by atoms with Gasteiger partial charge in [-0.1, -0.05) is 26.8 Å². The average Bonchev–Trinajstić information content (AvgIpc) is 2.46. The van der Waals surface area contributed by atoms with Crippen molar-refractivity contribution in [3.8, 4) is 0 Å². The van der Waals surface area contributed by atoms with Gasteiger partial charge in [0.25, 0.3) is 0 Å². The van der Waals surface area contributed by atoms with Crippen molar-refractivity contribution in [3.05, 3.63) is 23.5 Å². The molecule has 4 heteroatoms. The zero-order valence-electron chi connectivity index (χ0n) is 14.0. The molecule has 110 valence electrons. The number of rotatable bonds is 1. The van der Waals surface area contributed by atoms with Crippen LogP contribution in [-0.2, 0) is 14.7 Å². The van der Waals surface area contributed by atoms with Crippen molar-refractivity contribution in [1.82, 2.24) is 4.98 Å².